The number of aromatic amines is 3. The Kier molecular flexibility index (Phi) is 9.70. The number of aromatic nitrogens is 5. The fraction of sp³-hybridized carbons (Fsp3) is 0.357. The highest BCUT2D eigenvalue weighted by atomic mass is 16.4. The number of imidazole rings is 2. The van der Waals surface area contributed by atoms with Gasteiger partial charge in [0.1, 0.15) is 18.1 Å². The van der Waals surface area contributed by atoms with Crippen molar-refractivity contribution in [2.24, 2.45) is 11.7 Å². The Hall–Kier alpha value is -4.98. The third-order valence-corrected chi connectivity index (χ3v) is 6.96. The van der Waals surface area contributed by atoms with Crippen molar-refractivity contribution in [1.82, 2.24) is 40.9 Å². The number of carbonyl (C=O) groups is 4. The van der Waals surface area contributed by atoms with Crippen LogP contribution in [0.2, 0.25) is 0 Å². The van der Waals surface area contributed by atoms with Crippen LogP contribution in [0.25, 0.3) is 10.9 Å². The highest BCUT2D eigenvalue weighted by Crippen LogP contribution is 2.19. The largest absolute Gasteiger partial charge is 0.480 e. The first-order chi connectivity index (χ1) is 20.1. The molecule has 4 atom stereocenters. The minimum atomic E-state index is -1.29. The zero-order valence-electron chi connectivity index (χ0n) is 23.3. The van der Waals surface area contributed by atoms with Gasteiger partial charge < -0.3 is 41.7 Å². The van der Waals surface area contributed by atoms with Gasteiger partial charge >= 0.3 is 5.97 Å². The molecule has 0 fully saturated rings. The zero-order chi connectivity index (χ0) is 30.2. The van der Waals surface area contributed by atoms with E-state index in [9.17, 15) is 24.3 Å². The van der Waals surface area contributed by atoms with E-state index in [0.29, 0.717) is 11.4 Å². The van der Waals surface area contributed by atoms with Gasteiger partial charge in [-0.05, 0) is 17.5 Å². The molecule has 222 valence electrons. The summed E-state index contributed by atoms with van der Waals surface area (Å²) in [6, 6.07) is 3.13. The summed E-state index contributed by atoms with van der Waals surface area (Å²) in [5, 5.41) is 18.6. The maximum atomic E-state index is 13.7. The second-order valence-electron chi connectivity index (χ2n) is 10.4. The van der Waals surface area contributed by atoms with Crippen LogP contribution in [-0.4, -0.2) is 77.9 Å². The average Bonchev–Trinajstić information content (AvgIpc) is 3.74. The van der Waals surface area contributed by atoms with Gasteiger partial charge in [0.05, 0.1) is 18.7 Å². The highest BCUT2D eigenvalue weighted by Gasteiger charge is 2.32. The molecule has 0 bridgehead atoms. The molecule has 42 heavy (non-hydrogen) atoms. The monoisotopic (exact) mass is 577 g/mol. The Morgan fingerprint density at radius 1 is 0.810 bits per heavy atom. The predicted molar refractivity (Wildman–Crippen MR) is 153 cm³/mol. The van der Waals surface area contributed by atoms with Gasteiger partial charge in [-0.25, -0.2) is 14.8 Å². The standard InChI is InChI=1S/C28H35N9O5/c1-15(2)24(29)27(40)36-21(7-16-10-32-20-6-4-3-5-19(16)20)25(38)35-22(8-17-11-30-13-33-17)26(39)37-23(28(41)42)9-18-12-31-14-34-18/h3-6,10-15,21-24,32H,7-9,29H2,1-2H3,(H,30,33)(H,31,34)(H,35,38)(H,36,40)(H,37,39)(H,41,42). The van der Waals surface area contributed by atoms with E-state index < -0.39 is 47.9 Å². The summed E-state index contributed by atoms with van der Waals surface area (Å²) in [4.78, 5) is 68.8. The van der Waals surface area contributed by atoms with Crippen molar-refractivity contribution in [1.29, 1.82) is 0 Å². The van der Waals surface area contributed by atoms with E-state index in [-0.39, 0.29) is 25.2 Å². The summed E-state index contributed by atoms with van der Waals surface area (Å²) in [5.74, 6) is -3.30. The predicted octanol–water partition coefficient (Wildman–Crippen LogP) is 0.164. The molecule has 0 saturated carbocycles. The number of nitrogens with one attached hydrogen (secondary N) is 6. The molecule has 14 heteroatoms. The molecule has 4 rings (SSSR count). The van der Waals surface area contributed by atoms with E-state index >= 15 is 0 Å². The number of nitrogens with two attached hydrogens (primary N) is 1. The fourth-order valence-corrected chi connectivity index (χ4v) is 4.49. The molecule has 3 aromatic heterocycles. The average molecular weight is 578 g/mol. The highest BCUT2D eigenvalue weighted by molar-refractivity contribution is 5.95. The Bertz CT molecular complexity index is 1500. The van der Waals surface area contributed by atoms with Crippen LogP contribution < -0.4 is 21.7 Å². The molecular weight excluding hydrogens is 542 g/mol. The lowest BCUT2D eigenvalue weighted by Gasteiger charge is -2.25. The van der Waals surface area contributed by atoms with E-state index in [4.69, 9.17) is 5.73 Å². The van der Waals surface area contributed by atoms with E-state index in [1.165, 1.54) is 25.0 Å². The van der Waals surface area contributed by atoms with Crippen molar-refractivity contribution in [3.8, 4) is 0 Å². The SMILES string of the molecule is CC(C)C(N)C(=O)NC(Cc1c[nH]c2ccccc12)C(=O)NC(Cc1cnc[nH]1)C(=O)NC(Cc1cnc[nH]1)C(=O)O. The summed E-state index contributed by atoms with van der Waals surface area (Å²) in [6.45, 7) is 3.60. The van der Waals surface area contributed by atoms with Gasteiger partial charge in [0.15, 0.2) is 0 Å². The molecule has 1 aromatic carbocycles. The van der Waals surface area contributed by atoms with Gasteiger partial charge in [-0.2, -0.15) is 0 Å². The summed E-state index contributed by atoms with van der Waals surface area (Å²) < 4.78 is 0. The first kappa shape index (κ1) is 30.0. The molecule has 0 aliphatic heterocycles. The number of aliphatic carboxylic acids is 1. The summed E-state index contributed by atoms with van der Waals surface area (Å²) in [5.41, 5.74) is 8.76. The normalized spacial score (nSPS) is 14.2. The maximum absolute atomic E-state index is 13.7. The second kappa shape index (κ2) is 13.6. The molecule has 14 nitrogen and oxygen atoms in total. The van der Waals surface area contributed by atoms with Crippen LogP contribution in [0.5, 0.6) is 0 Å². The number of amides is 3. The Morgan fingerprint density at radius 2 is 1.36 bits per heavy atom. The van der Waals surface area contributed by atoms with Crippen molar-refractivity contribution < 1.29 is 24.3 Å². The first-order valence-electron chi connectivity index (χ1n) is 13.5. The van der Waals surface area contributed by atoms with Gasteiger partial charge in [-0.15, -0.1) is 0 Å². The fourth-order valence-electron chi connectivity index (χ4n) is 4.49. The molecule has 4 unspecified atom stereocenters. The number of hydrogen-bond donors (Lipinski definition) is 8. The molecule has 4 aromatic rings. The summed E-state index contributed by atoms with van der Waals surface area (Å²) >= 11 is 0. The van der Waals surface area contributed by atoms with Crippen molar-refractivity contribution in [3.05, 3.63) is 72.5 Å². The van der Waals surface area contributed by atoms with Gasteiger partial charge in [-0.3, -0.25) is 14.4 Å². The molecule has 0 aliphatic carbocycles. The minimum absolute atomic E-state index is 0.00672. The van der Waals surface area contributed by atoms with E-state index in [1.807, 2.05) is 24.3 Å². The van der Waals surface area contributed by atoms with E-state index in [0.717, 1.165) is 16.5 Å². The Labute approximate surface area is 241 Å². The van der Waals surface area contributed by atoms with Gasteiger partial charge in [-0.1, -0.05) is 32.0 Å². The molecule has 0 aliphatic rings. The van der Waals surface area contributed by atoms with E-state index in [2.05, 4.69) is 40.9 Å². The molecule has 3 amide bonds. The van der Waals surface area contributed by atoms with Gasteiger partial charge in [0, 0.05) is 60.1 Å². The number of nitrogens with zero attached hydrogens (tertiary/aromatic N) is 2. The molecular formula is C28H35N9O5. The summed E-state index contributed by atoms with van der Waals surface area (Å²) in [6.07, 6.45) is 7.63. The van der Waals surface area contributed by atoms with Crippen LogP contribution in [0.4, 0.5) is 0 Å². The van der Waals surface area contributed by atoms with E-state index in [1.54, 1.807) is 20.0 Å². The van der Waals surface area contributed by atoms with Crippen LogP contribution in [0.3, 0.4) is 0 Å². The lowest BCUT2D eigenvalue weighted by molar-refractivity contribution is -0.142. The van der Waals surface area contributed by atoms with Crippen molar-refractivity contribution >= 4 is 34.6 Å². The Morgan fingerprint density at radius 3 is 1.93 bits per heavy atom. The molecule has 0 saturated heterocycles. The number of carbonyl (C=O) groups excluding carboxylic acids is 3. The number of carboxylic acids is 1. The zero-order valence-corrected chi connectivity index (χ0v) is 23.3. The molecule has 0 spiro atoms. The number of H-pyrrole nitrogens is 3. The van der Waals surface area contributed by atoms with Gasteiger partial charge in [0.2, 0.25) is 17.7 Å². The number of hydrogen-bond acceptors (Lipinski definition) is 7. The number of para-hydroxylation sites is 1. The topological polar surface area (TPSA) is 224 Å². The number of benzene rings is 1. The third kappa shape index (κ3) is 7.60. The quantitative estimate of drug-likeness (QED) is 0.103. The lowest BCUT2D eigenvalue weighted by Crippen LogP contribution is -2.58. The maximum Gasteiger partial charge on any atom is 0.326 e. The van der Waals surface area contributed by atoms with Crippen molar-refractivity contribution in [3.63, 3.8) is 0 Å². The third-order valence-electron chi connectivity index (χ3n) is 6.96. The Balaban J connectivity index is 1.57. The molecule has 3 heterocycles. The minimum Gasteiger partial charge on any atom is -0.480 e. The second-order valence-corrected chi connectivity index (χ2v) is 10.4. The number of carboxylic acid groups (broad SMARTS) is 1. The van der Waals surface area contributed by atoms with Gasteiger partial charge in [0.25, 0.3) is 0 Å². The summed E-state index contributed by atoms with van der Waals surface area (Å²) in [7, 11) is 0. The first-order valence-corrected chi connectivity index (χ1v) is 13.5. The molecule has 0 radical (unpaired) electrons. The van der Waals surface area contributed by atoms with Crippen LogP contribution in [0, 0.1) is 5.92 Å². The van der Waals surface area contributed by atoms with Crippen LogP contribution in [-0.2, 0) is 38.4 Å². The van der Waals surface area contributed by atoms with Crippen LogP contribution >= 0.6 is 0 Å². The van der Waals surface area contributed by atoms with Crippen molar-refractivity contribution in [2.45, 2.75) is 57.3 Å². The number of fused-ring (bicyclic) bond motifs is 1. The lowest BCUT2D eigenvalue weighted by atomic mass is 10.0. The van der Waals surface area contributed by atoms with Crippen LogP contribution in [0.15, 0.2) is 55.5 Å². The molecule has 9 N–H and O–H groups in total. The number of rotatable bonds is 14. The van der Waals surface area contributed by atoms with Crippen molar-refractivity contribution in [2.75, 3.05) is 0 Å². The van der Waals surface area contributed by atoms with Crippen LogP contribution in [0.1, 0.15) is 30.8 Å². The smallest absolute Gasteiger partial charge is 0.326 e.